The Kier molecular flexibility index (Phi) is 4.02. The standard InChI is InChI=1S/C17H16Cl2N2O/c1-11-5-7-12(8-6-11)17(9-10-17)21-16(22)20-15-13(18)3-2-4-14(15)19/h2-8H,9-10H2,1H3,(H2,20,21,22). The van der Waals surface area contributed by atoms with Crippen LogP contribution in [0.4, 0.5) is 10.5 Å². The average Bonchev–Trinajstić information content (AvgIpc) is 3.24. The van der Waals surface area contributed by atoms with Crippen molar-refractivity contribution in [1.82, 2.24) is 5.32 Å². The lowest BCUT2D eigenvalue weighted by molar-refractivity contribution is 0.247. The van der Waals surface area contributed by atoms with E-state index in [-0.39, 0.29) is 11.6 Å². The van der Waals surface area contributed by atoms with Gasteiger partial charge in [0.25, 0.3) is 0 Å². The number of aryl methyl sites for hydroxylation is 1. The van der Waals surface area contributed by atoms with Gasteiger partial charge in [0.1, 0.15) is 0 Å². The second-order valence-electron chi connectivity index (χ2n) is 5.62. The lowest BCUT2D eigenvalue weighted by atomic mass is 10.0. The second kappa shape index (κ2) is 5.82. The smallest absolute Gasteiger partial charge is 0.320 e. The van der Waals surface area contributed by atoms with Crippen LogP contribution in [0.25, 0.3) is 0 Å². The van der Waals surface area contributed by atoms with E-state index in [0.717, 1.165) is 18.4 Å². The molecule has 3 nitrogen and oxygen atoms in total. The van der Waals surface area contributed by atoms with Crippen molar-refractivity contribution in [3.63, 3.8) is 0 Å². The maximum Gasteiger partial charge on any atom is 0.320 e. The number of urea groups is 1. The first-order valence-electron chi connectivity index (χ1n) is 7.10. The van der Waals surface area contributed by atoms with Crippen molar-refractivity contribution in [3.8, 4) is 0 Å². The maximum absolute atomic E-state index is 12.3. The molecule has 3 rings (SSSR count). The Bertz CT molecular complexity index is 689. The molecule has 1 aliphatic rings. The number of anilines is 1. The molecule has 0 aliphatic heterocycles. The summed E-state index contributed by atoms with van der Waals surface area (Å²) in [5.74, 6) is 0. The first-order chi connectivity index (χ1) is 10.5. The molecule has 0 aromatic heterocycles. The summed E-state index contributed by atoms with van der Waals surface area (Å²) >= 11 is 12.1. The summed E-state index contributed by atoms with van der Waals surface area (Å²) < 4.78 is 0. The van der Waals surface area contributed by atoms with E-state index in [1.807, 2.05) is 6.92 Å². The minimum Gasteiger partial charge on any atom is -0.328 e. The van der Waals surface area contributed by atoms with E-state index in [1.54, 1.807) is 18.2 Å². The molecule has 114 valence electrons. The van der Waals surface area contributed by atoms with Gasteiger partial charge in [0, 0.05) is 0 Å². The fourth-order valence-corrected chi connectivity index (χ4v) is 2.95. The van der Waals surface area contributed by atoms with E-state index in [9.17, 15) is 4.79 Å². The molecule has 2 aromatic rings. The zero-order chi connectivity index (χ0) is 15.7. The summed E-state index contributed by atoms with van der Waals surface area (Å²) in [6.45, 7) is 2.04. The Hall–Kier alpha value is -1.71. The molecule has 0 heterocycles. The second-order valence-corrected chi connectivity index (χ2v) is 6.44. The Morgan fingerprint density at radius 1 is 1.05 bits per heavy atom. The predicted molar refractivity (Wildman–Crippen MR) is 90.7 cm³/mol. The molecule has 2 aromatic carbocycles. The molecule has 0 unspecified atom stereocenters. The van der Waals surface area contributed by atoms with Crippen LogP contribution in [0.3, 0.4) is 0 Å². The minimum absolute atomic E-state index is 0.272. The lowest BCUT2D eigenvalue weighted by Gasteiger charge is -2.19. The number of amides is 2. The van der Waals surface area contributed by atoms with Crippen molar-refractivity contribution >= 4 is 34.9 Å². The Balaban J connectivity index is 1.73. The largest absolute Gasteiger partial charge is 0.328 e. The number of hydrogen-bond acceptors (Lipinski definition) is 1. The number of carbonyl (C=O) groups excluding carboxylic acids is 1. The van der Waals surface area contributed by atoms with Crippen LogP contribution in [0.2, 0.25) is 10.0 Å². The van der Waals surface area contributed by atoms with Crippen LogP contribution in [-0.4, -0.2) is 6.03 Å². The number of para-hydroxylation sites is 1. The molecule has 22 heavy (non-hydrogen) atoms. The van der Waals surface area contributed by atoms with Gasteiger partial charge in [-0.15, -0.1) is 0 Å². The number of nitrogens with one attached hydrogen (secondary N) is 2. The molecular weight excluding hydrogens is 319 g/mol. The van der Waals surface area contributed by atoms with Crippen LogP contribution in [0.1, 0.15) is 24.0 Å². The van der Waals surface area contributed by atoms with Gasteiger partial charge in [-0.1, -0.05) is 59.1 Å². The van der Waals surface area contributed by atoms with Gasteiger partial charge in [0.2, 0.25) is 0 Å². The monoisotopic (exact) mass is 334 g/mol. The molecule has 1 aliphatic carbocycles. The van der Waals surface area contributed by atoms with E-state index in [2.05, 4.69) is 34.9 Å². The Morgan fingerprint density at radius 2 is 1.64 bits per heavy atom. The van der Waals surface area contributed by atoms with E-state index < -0.39 is 0 Å². The van der Waals surface area contributed by atoms with Crippen molar-refractivity contribution in [2.75, 3.05) is 5.32 Å². The Morgan fingerprint density at radius 3 is 2.18 bits per heavy atom. The number of carbonyl (C=O) groups is 1. The zero-order valence-electron chi connectivity index (χ0n) is 12.1. The van der Waals surface area contributed by atoms with E-state index in [0.29, 0.717) is 15.7 Å². The summed E-state index contributed by atoms with van der Waals surface area (Å²) in [5, 5.41) is 6.62. The third-order valence-corrected chi connectivity index (χ3v) is 4.54. The molecule has 0 saturated heterocycles. The number of halogens is 2. The van der Waals surface area contributed by atoms with Crippen LogP contribution in [0, 0.1) is 6.92 Å². The van der Waals surface area contributed by atoms with Crippen LogP contribution in [0.15, 0.2) is 42.5 Å². The summed E-state index contributed by atoms with van der Waals surface area (Å²) in [7, 11) is 0. The fraction of sp³-hybridized carbons (Fsp3) is 0.235. The molecule has 0 atom stereocenters. The molecule has 0 bridgehead atoms. The molecule has 2 N–H and O–H groups in total. The van der Waals surface area contributed by atoms with Gasteiger partial charge in [-0.2, -0.15) is 0 Å². The minimum atomic E-state index is -0.298. The average molecular weight is 335 g/mol. The van der Waals surface area contributed by atoms with Gasteiger partial charge in [-0.3, -0.25) is 0 Å². The van der Waals surface area contributed by atoms with Crippen LogP contribution >= 0.6 is 23.2 Å². The molecule has 1 saturated carbocycles. The topological polar surface area (TPSA) is 41.1 Å². The number of hydrogen-bond donors (Lipinski definition) is 2. The van der Waals surface area contributed by atoms with Crippen LogP contribution < -0.4 is 10.6 Å². The fourth-order valence-electron chi connectivity index (χ4n) is 2.46. The summed E-state index contributed by atoms with van der Waals surface area (Å²) in [6, 6.07) is 13.1. The Labute approximate surface area is 139 Å². The quantitative estimate of drug-likeness (QED) is 0.804. The molecule has 5 heteroatoms. The lowest BCUT2D eigenvalue weighted by Crippen LogP contribution is -2.38. The van der Waals surface area contributed by atoms with Gasteiger partial charge in [-0.05, 0) is 37.5 Å². The SMILES string of the molecule is Cc1ccc(C2(NC(=O)Nc3c(Cl)cccc3Cl)CC2)cc1. The van der Waals surface area contributed by atoms with Gasteiger partial charge in [0.15, 0.2) is 0 Å². The van der Waals surface area contributed by atoms with Gasteiger partial charge in [0.05, 0.1) is 21.3 Å². The third-order valence-electron chi connectivity index (χ3n) is 3.91. The van der Waals surface area contributed by atoms with E-state index in [4.69, 9.17) is 23.2 Å². The van der Waals surface area contributed by atoms with Crippen molar-refractivity contribution in [3.05, 3.63) is 63.6 Å². The van der Waals surface area contributed by atoms with E-state index in [1.165, 1.54) is 5.56 Å². The molecule has 1 fully saturated rings. The highest BCUT2D eigenvalue weighted by atomic mass is 35.5. The predicted octanol–water partition coefficient (Wildman–Crippen LogP) is 5.11. The third kappa shape index (κ3) is 3.06. The van der Waals surface area contributed by atoms with Gasteiger partial charge >= 0.3 is 6.03 Å². The summed E-state index contributed by atoms with van der Waals surface area (Å²) in [4.78, 5) is 12.3. The first kappa shape index (κ1) is 15.2. The highest BCUT2D eigenvalue weighted by Gasteiger charge is 2.45. The highest BCUT2D eigenvalue weighted by Crippen LogP contribution is 2.45. The van der Waals surface area contributed by atoms with Crippen LogP contribution in [0.5, 0.6) is 0 Å². The molecule has 2 amide bonds. The number of rotatable bonds is 3. The molecule has 0 radical (unpaired) electrons. The summed E-state index contributed by atoms with van der Waals surface area (Å²) in [5.41, 5.74) is 2.49. The molecular formula is C17H16Cl2N2O. The van der Waals surface area contributed by atoms with Gasteiger partial charge < -0.3 is 10.6 Å². The van der Waals surface area contributed by atoms with Crippen LogP contribution in [-0.2, 0) is 5.54 Å². The zero-order valence-corrected chi connectivity index (χ0v) is 13.6. The van der Waals surface area contributed by atoms with Crippen molar-refractivity contribution in [2.45, 2.75) is 25.3 Å². The van der Waals surface area contributed by atoms with Crippen molar-refractivity contribution < 1.29 is 4.79 Å². The summed E-state index contributed by atoms with van der Waals surface area (Å²) in [6.07, 6.45) is 1.86. The highest BCUT2D eigenvalue weighted by molar-refractivity contribution is 6.39. The van der Waals surface area contributed by atoms with Gasteiger partial charge in [-0.25, -0.2) is 4.79 Å². The molecule has 0 spiro atoms. The first-order valence-corrected chi connectivity index (χ1v) is 7.86. The van der Waals surface area contributed by atoms with Crippen molar-refractivity contribution in [2.24, 2.45) is 0 Å². The van der Waals surface area contributed by atoms with Crippen molar-refractivity contribution in [1.29, 1.82) is 0 Å². The maximum atomic E-state index is 12.3. The van der Waals surface area contributed by atoms with E-state index >= 15 is 0 Å². The number of benzene rings is 2. The normalized spacial score (nSPS) is 15.2.